The molecular formula is C68H107BBrCl2N16O15S3. The molecule has 0 spiro atoms. The van der Waals surface area contributed by atoms with Crippen molar-refractivity contribution in [3.63, 3.8) is 0 Å². The topological polar surface area (TPSA) is 361 Å². The number of carbonyl (C=O) groups is 5. The summed E-state index contributed by atoms with van der Waals surface area (Å²) in [5.74, 6) is 2.45. The van der Waals surface area contributed by atoms with Crippen LogP contribution in [-0.4, -0.2) is 180 Å². The number of nitrogens with one attached hydrogen (secondary N) is 1. The molecule has 0 aromatic carbocycles. The fourth-order valence-electron chi connectivity index (χ4n) is 10.2. The Morgan fingerprint density at radius 2 is 0.934 bits per heavy atom. The molecule has 12 rings (SSSR count). The molecule has 1 radical (unpaired) electrons. The van der Waals surface area contributed by atoms with E-state index in [-0.39, 0.29) is 48.8 Å². The van der Waals surface area contributed by atoms with Crippen LogP contribution in [-0.2, 0) is 111 Å². The number of methoxy groups -OCH3 is 1. The fraction of sp³-hybridized carbons (Fsp3) is 0.662. The number of rotatable bonds is 16. The zero-order chi connectivity index (χ0) is 80.1. The number of aliphatic hydroxyl groups excluding tert-OH is 1. The van der Waals surface area contributed by atoms with Gasteiger partial charge in [0.2, 0.25) is 9.23 Å². The second-order valence-corrected chi connectivity index (χ2v) is 34.5. The van der Waals surface area contributed by atoms with Crippen LogP contribution in [0.3, 0.4) is 0 Å². The van der Waals surface area contributed by atoms with Gasteiger partial charge in [0.1, 0.15) is 23.4 Å². The van der Waals surface area contributed by atoms with E-state index in [1.807, 2.05) is 130 Å². The first-order valence-electron chi connectivity index (χ1n) is 34.4. The molecule has 0 bridgehead atoms. The van der Waals surface area contributed by atoms with Crippen molar-refractivity contribution in [3.8, 4) is 0 Å². The standard InChI is InChI=1S/C14H22BrN3O2.C14H23N3O2.C9H14N2O3S.C9H12N2O2.C8H10N2O2.C8H12N2O.C6H13NO2.BHNS.Cl2OS/c1-14(2,3)20-13(19)17(4)8-10-11(15)12(9-6-7-9)18(5)16-10;1-14(2,3)19-13(18)16(4)9-11-8-12(10-6-7-10)17(5)15-11;1-11-9(7-3-4-7)5-8(10-11)6-14-15(2,12)13;1-11-8(6-3-4-6)5-7(10-11)9(12)13-2;1-10-7(5-2-3-5)4-6(9-10)8(11)12;1-10-8(6-2-3-6)4-7(5-11)9-10;1-6(2,3)9-5(8)7-4;1-2-3;1-4(2)3/h9H,6-8H2,1-5H3;8,10H,6-7,9H2,1-5H3;5,7H,3-4,6H2,1-2H3;5-6H,3-4H2,1-2H3;4-5H,2-3H2,1H3,(H,11,12);4,6,11H,2-3,5H2,1H3;1-4H3,(H,7,8);3H;. The van der Waals surface area contributed by atoms with Gasteiger partial charge in [-0.2, -0.15) is 39.0 Å². The number of hydrogen-bond donors (Lipinski definition) is 4. The summed E-state index contributed by atoms with van der Waals surface area (Å²) in [5.41, 5.74) is 9.61. The minimum absolute atomic E-state index is 0.0272. The van der Waals surface area contributed by atoms with Crippen molar-refractivity contribution in [2.45, 2.75) is 218 Å². The number of esters is 1. The normalized spacial score (nSPS) is 15.0. The first-order chi connectivity index (χ1) is 49.2. The summed E-state index contributed by atoms with van der Waals surface area (Å²) in [6, 6.07) is 9.50. The molecule has 0 unspecified atom stereocenters. The molecule has 0 atom stereocenters. The van der Waals surface area contributed by atoms with Crippen LogP contribution in [0.2, 0.25) is 0 Å². The van der Waals surface area contributed by atoms with Gasteiger partial charge in [-0.25, -0.2) is 28.2 Å². The Kier molecular flexibility index (Phi) is 35.6. The van der Waals surface area contributed by atoms with Crippen molar-refractivity contribution in [3.05, 3.63) is 103 Å². The number of carboxylic acids is 1. The number of carboxylic acid groups (broad SMARTS) is 1. The molecule has 31 nitrogen and oxygen atoms in total. The van der Waals surface area contributed by atoms with E-state index in [9.17, 15) is 32.4 Å². The van der Waals surface area contributed by atoms with Crippen LogP contribution in [0, 0.1) is 0 Å². The first kappa shape index (κ1) is 91.7. The maximum atomic E-state index is 12.0. The van der Waals surface area contributed by atoms with Gasteiger partial charge >= 0.3 is 55.0 Å². The van der Waals surface area contributed by atoms with E-state index in [1.54, 1.807) is 51.1 Å². The van der Waals surface area contributed by atoms with Gasteiger partial charge in [0, 0.05) is 149 Å². The predicted octanol–water partition coefficient (Wildman–Crippen LogP) is 12.1. The molecule has 6 aliphatic carbocycles. The SMILES string of the molecule is CN(Cc1cc(C2CC2)n(C)n1)C(=O)OC(C)(C)C.CN(Cc1nn(C)c(C2CC2)c1Br)C(=O)OC(C)(C)C.CNC(=O)OC(C)(C)C.COC(=O)c1cc(C2CC2)n(C)n1.Cn1nc(C(=O)O)cc1C1CC1.Cn1nc(CO)cc1C1CC1.Cn1nc(COS(C)(=O)=O)cc1C1CC1.O=S(Cl)Cl.[B]=NS. The average Bonchev–Trinajstić information content (AvgIpc) is 1.64. The van der Waals surface area contributed by atoms with E-state index in [1.165, 1.54) is 114 Å². The molecule has 38 heteroatoms. The van der Waals surface area contributed by atoms with Gasteiger partial charge in [0.15, 0.2) is 11.4 Å². The molecule has 6 aliphatic rings. The van der Waals surface area contributed by atoms with Crippen molar-refractivity contribution < 1.29 is 69.9 Å². The molecule has 3 amide bonds. The zero-order valence-corrected chi connectivity index (χ0v) is 70.2. The molecular weight excluding hydrogens is 1540 g/mol. The zero-order valence-electron chi connectivity index (χ0n) is 64.5. The van der Waals surface area contributed by atoms with Gasteiger partial charge in [0.25, 0.3) is 10.1 Å². The molecule has 6 aromatic heterocycles. The maximum absolute atomic E-state index is 12.0. The third kappa shape index (κ3) is 34.3. The Morgan fingerprint density at radius 1 is 0.604 bits per heavy atom. The van der Waals surface area contributed by atoms with E-state index in [0.717, 1.165) is 39.2 Å². The van der Waals surface area contributed by atoms with Gasteiger partial charge < -0.3 is 44.3 Å². The van der Waals surface area contributed by atoms with E-state index in [4.69, 9.17) is 28.6 Å². The molecule has 6 saturated carbocycles. The van der Waals surface area contributed by atoms with Crippen molar-refractivity contribution in [2.75, 3.05) is 34.5 Å². The number of nitrogens with zero attached hydrogens (tertiary/aromatic N) is 15. The first-order valence-corrected chi connectivity index (χ1v) is 40.3. The van der Waals surface area contributed by atoms with Crippen LogP contribution >= 0.6 is 50.1 Å². The average molecular weight is 1650 g/mol. The number of carbonyl (C=O) groups excluding carboxylic acids is 4. The fourth-order valence-corrected chi connectivity index (χ4v) is 11.3. The number of aromatic carboxylic acids is 1. The second-order valence-electron chi connectivity index (χ2n) is 29.3. The quantitative estimate of drug-likeness (QED) is 0.0175. The van der Waals surface area contributed by atoms with Gasteiger partial charge in [0.05, 0.1) is 66.0 Å². The van der Waals surface area contributed by atoms with Crippen LogP contribution in [0.5, 0.6) is 0 Å². The van der Waals surface area contributed by atoms with Gasteiger partial charge in [-0.15, -0.1) is 0 Å². The molecule has 0 saturated heterocycles. The number of thiol groups is 1. The number of aryl methyl sites for hydroxylation is 6. The Bertz CT molecular complexity index is 4020. The van der Waals surface area contributed by atoms with E-state index in [0.29, 0.717) is 60.0 Å². The molecule has 591 valence electrons. The number of amides is 3. The van der Waals surface area contributed by atoms with Gasteiger partial charge in [-0.1, -0.05) is 0 Å². The summed E-state index contributed by atoms with van der Waals surface area (Å²) in [7, 11) is 26.1. The third-order valence-electron chi connectivity index (χ3n) is 15.8. The van der Waals surface area contributed by atoms with Gasteiger partial charge in [-0.05, 0) is 186 Å². The number of halogens is 3. The molecule has 6 heterocycles. The van der Waals surface area contributed by atoms with Crippen molar-refractivity contribution in [2.24, 2.45) is 46.6 Å². The monoisotopic (exact) mass is 1640 g/mol. The van der Waals surface area contributed by atoms with Crippen molar-refractivity contribution >= 4 is 107 Å². The summed E-state index contributed by atoms with van der Waals surface area (Å²) in [5, 5.41) is 45.1. The van der Waals surface area contributed by atoms with Gasteiger partial charge in [-0.3, -0.25) is 32.3 Å². The third-order valence-corrected chi connectivity index (χ3v) is 17.2. The van der Waals surface area contributed by atoms with Crippen LogP contribution in [0.4, 0.5) is 14.4 Å². The van der Waals surface area contributed by atoms with E-state index in [2.05, 4.69) is 113 Å². The Hall–Kier alpha value is -6.70. The van der Waals surface area contributed by atoms with E-state index >= 15 is 0 Å². The summed E-state index contributed by atoms with van der Waals surface area (Å²) in [6.07, 6.45) is 14.7. The molecule has 3 N–H and O–H groups in total. The molecule has 6 fully saturated rings. The summed E-state index contributed by atoms with van der Waals surface area (Å²) < 4.78 is 70.1. The minimum atomic E-state index is -3.38. The Morgan fingerprint density at radius 3 is 1.25 bits per heavy atom. The Balaban J connectivity index is 0.000000261. The van der Waals surface area contributed by atoms with Crippen molar-refractivity contribution in [1.82, 2.24) is 73.8 Å². The van der Waals surface area contributed by atoms with Crippen LogP contribution in [0.25, 0.3) is 0 Å². The molecule has 0 aliphatic heterocycles. The summed E-state index contributed by atoms with van der Waals surface area (Å²) in [6.45, 7) is 17.7. The van der Waals surface area contributed by atoms with Crippen LogP contribution < -0.4 is 5.32 Å². The number of aliphatic hydroxyl groups is 1. The van der Waals surface area contributed by atoms with E-state index < -0.39 is 36.5 Å². The number of aromatic nitrogens is 12. The number of hydrogen-bond acceptors (Lipinski definition) is 22. The van der Waals surface area contributed by atoms with Crippen LogP contribution in [0.1, 0.15) is 253 Å². The second kappa shape index (κ2) is 41.2. The summed E-state index contributed by atoms with van der Waals surface area (Å²) >= 11 is 6.81. The number of ether oxygens (including phenoxy) is 4. The number of alkyl carbamates (subject to hydrolysis) is 1. The predicted molar refractivity (Wildman–Crippen MR) is 410 cm³/mol. The van der Waals surface area contributed by atoms with Crippen molar-refractivity contribution in [1.29, 1.82) is 0 Å². The molecule has 6 aromatic rings. The Labute approximate surface area is 649 Å². The summed E-state index contributed by atoms with van der Waals surface area (Å²) in [4.78, 5) is 59.1. The molecule has 106 heavy (non-hydrogen) atoms. The van der Waals surface area contributed by atoms with Crippen LogP contribution in [0.15, 0.2) is 39.1 Å².